The number of nitro groups is 1. The fourth-order valence-corrected chi connectivity index (χ4v) is 3.45. The zero-order valence-electron chi connectivity index (χ0n) is 13.0. The van der Waals surface area contributed by atoms with Crippen molar-refractivity contribution in [2.45, 2.75) is 36.6 Å². The van der Waals surface area contributed by atoms with E-state index in [4.69, 9.17) is 5.73 Å². The minimum Gasteiger partial charge on any atom is -0.349 e. The molecule has 1 fully saturated rings. The monoisotopic (exact) mass is 359 g/mol. The molecule has 0 heterocycles. The number of thioether (sulfide) groups is 1. The molecule has 1 aliphatic rings. The third-order valence-electron chi connectivity index (χ3n) is 4.17. The molecule has 8 heteroatoms. The van der Waals surface area contributed by atoms with Gasteiger partial charge in [0.1, 0.15) is 0 Å². The number of nitro benzene ring substituents is 1. The summed E-state index contributed by atoms with van der Waals surface area (Å²) >= 11 is 1.29. The highest BCUT2D eigenvalue weighted by Gasteiger charge is 2.26. The Labute approximate surface area is 146 Å². The molecule has 0 aromatic heterocycles. The molecule has 0 bridgehead atoms. The molecule has 2 unspecified atom stereocenters. The number of hydrogen-bond acceptors (Lipinski definition) is 5. The largest absolute Gasteiger partial charge is 0.349 e. The van der Waals surface area contributed by atoms with Gasteiger partial charge in [0.05, 0.1) is 9.82 Å². The van der Waals surface area contributed by atoms with E-state index >= 15 is 0 Å². The first-order valence-corrected chi connectivity index (χ1v) is 8.62. The molecule has 0 saturated heterocycles. The Kier molecular flexibility index (Phi) is 7.81. The van der Waals surface area contributed by atoms with Crippen LogP contribution in [0, 0.1) is 16.0 Å². The third kappa shape index (κ3) is 4.83. The molecule has 1 amide bonds. The summed E-state index contributed by atoms with van der Waals surface area (Å²) in [4.78, 5) is 23.6. The summed E-state index contributed by atoms with van der Waals surface area (Å²) in [5.74, 6) is 0.0271. The highest BCUT2D eigenvalue weighted by Crippen LogP contribution is 2.29. The molecule has 0 radical (unpaired) electrons. The van der Waals surface area contributed by atoms with Crippen LogP contribution in [0.3, 0.4) is 0 Å². The SMILES string of the molecule is CSc1ccc(C(=O)NC2CCCCC2CN)cc1[N+](=O)[O-].Cl. The number of rotatable bonds is 5. The molecule has 23 heavy (non-hydrogen) atoms. The van der Waals surface area contributed by atoms with Crippen molar-refractivity contribution in [1.29, 1.82) is 0 Å². The van der Waals surface area contributed by atoms with Gasteiger partial charge in [-0.05, 0) is 43.7 Å². The lowest BCUT2D eigenvalue weighted by atomic mass is 9.84. The van der Waals surface area contributed by atoms with Crippen LogP contribution in [0.2, 0.25) is 0 Å². The number of nitrogens with two attached hydrogens (primary N) is 1. The molecule has 6 nitrogen and oxygen atoms in total. The molecule has 1 aromatic rings. The van der Waals surface area contributed by atoms with E-state index in [-0.39, 0.29) is 36.0 Å². The minimum absolute atomic E-state index is 0. The predicted octanol–water partition coefficient (Wildman–Crippen LogP) is 2.99. The molecule has 0 spiro atoms. The van der Waals surface area contributed by atoms with Crippen LogP contribution in [-0.4, -0.2) is 29.7 Å². The van der Waals surface area contributed by atoms with E-state index in [0.29, 0.717) is 17.0 Å². The summed E-state index contributed by atoms with van der Waals surface area (Å²) in [5, 5.41) is 14.1. The molecule has 1 aromatic carbocycles. The Morgan fingerprint density at radius 1 is 1.43 bits per heavy atom. The van der Waals surface area contributed by atoms with Crippen LogP contribution in [0.5, 0.6) is 0 Å². The van der Waals surface area contributed by atoms with Crippen molar-refractivity contribution in [2.24, 2.45) is 11.7 Å². The first-order chi connectivity index (χ1) is 10.6. The molecule has 0 aliphatic heterocycles. The first-order valence-electron chi connectivity index (χ1n) is 7.40. The smallest absolute Gasteiger partial charge is 0.283 e. The Bertz CT molecular complexity index is 571. The van der Waals surface area contributed by atoms with E-state index in [2.05, 4.69) is 5.32 Å². The lowest BCUT2D eigenvalue weighted by molar-refractivity contribution is -0.387. The minimum atomic E-state index is -0.452. The van der Waals surface area contributed by atoms with Crippen molar-refractivity contribution < 1.29 is 9.72 Å². The molecular formula is C15H22ClN3O3S. The number of carbonyl (C=O) groups excluding carboxylic acids is 1. The van der Waals surface area contributed by atoms with Crippen molar-refractivity contribution in [2.75, 3.05) is 12.8 Å². The van der Waals surface area contributed by atoms with Crippen LogP contribution in [0.1, 0.15) is 36.0 Å². The van der Waals surface area contributed by atoms with Crippen molar-refractivity contribution in [3.8, 4) is 0 Å². The van der Waals surface area contributed by atoms with Crippen LogP contribution >= 0.6 is 24.2 Å². The van der Waals surface area contributed by atoms with Gasteiger partial charge in [-0.2, -0.15) is 0 Å². The average molecular weight is 360 g/mol. The van der Waals surface area contributed by atoms with Crippen LogP contribution in [-0.2, 0) is 0 Å². The summed E-state index contributed by atoms with van der Waals surface area (Å²) in [6, 6.07) is 4.67. The summed E-state index contributed by atoms with van der Waals surface area (Å²) < 4.78 is 0. The van der Waals surface area contributed by atoms with Gasteiger partial charge in [-0.15, -0.1) is 24.2 Å². The number of carbonyl (C=O) groups is 1. The van der Waals surface area contributed by atoms with Crippen LogP contribution < -0.4 is 11.1 Å². The average Bonchev–Trinajstić information content (AvgIpc) is 2.54. The maximum Gasteiger partial charge on any atom is 0.283 e. The van der Waals surface area contributed by atoms with E-state index in [1.807, 2.05) is 0 Å². The zero-order chi connectivity index (χ0) is 16.1. The van der Waals surface area contributed by atoms with Gasteiger partial charge in [0, 0.05) is 17.7 Å². The highest BCUT2D eigenvalue weighted by atomic mass is 35.5. The third-order valence-corrected chi connectivity index (χ3v) is 4.95. The van der Waals surface area contributed by atoms with Gasteiger partial charge in [0.15, 0.2) is 0 Å². The zero-order valence-corrected chi connectivity index (χ0v) is 14.6. The van der Waals surface area contributed by atoms with E-state index < -0.39 is 4.92 Å². The van der Waals surface area contributed by atoms with Gasteiger partial charge in [0.2, 0.25) is 0 Å². The topological polar surface area (TPSA) is 98.3 Å². The second-order valence-electron chi connectivity index (χ2n) is 5.50. The predicted molar refractivity (Wildman–Crippen MR) is 94.4 cm³/mol. The Balaban J connectivity index is 0.00000264. The van der Waals surface area contributed by atoms with Gasteiger partial charge in [0.25, 0.3) is 11.6 Å². The van der Waals surface area contributed by atoms with E-state index in [1.165, 1.54) is 17.8 Å². The number of benzene rings is 1. The number of amides is 1. The molecule has 128 valence electrons. The normalized spacial score (nSPS) is 20.4. The van der Waals surface area contributed by atoms with Gasteiger partial charge in [-0.1, -0.05) is 12.8 Å². The molecule has 1 saturated carbocycles. The Morgan fingerprint density at radius 3 is 2.74 bits per heavy atom. The number of nitrogens with one attached hydrogen (secondary N) is 1. The fourth-order valence-electron chi connectivity index (χ4n) is 2.91. The second-order valence-corrected chi connectivity index (χ2v) is 6.35. The molecule has 1 aliphatic carbocycles. The van der Waals surface area contributed by atoms with Gasteiger partial charge >= 0.3 is 0 Å². The first kappa shape index (κ1) is 19.7. The van der Waals surface area contributed by atoms with E-state index in [0.717, 1.165) is 25.7 Å². The van der Waals surface area contributed by atoms with Crippen LogP contribution in [0.25, 0.3) is 0 Å². The fraction of sp³-hybridized carbons (Fsp3) is 0.533. The maximum atomic E-state index is 12.4. The van der Waals surface area contributed by atoms with Crippen LogP contribution in [0.4, 0.5) is 5.69 Å². The number of hydrogen-bond donors (Lipinski definition) is 2. The van der Waals surface area contributed by atoms with Crippen molar-refractivity contribution in [3.05, 3.63) is 33.9 Å². The summed E-state index contributed by atoms with van der Waals surface area (Å²) in [5.41, 5.74) is 6.06. The summed E-state index contributed by atoms with van der Waals surface area (Å²) in [6.07, 6.45) is 5.93. The molecule has 3 N–H and O–H groups in total. The molecule has 2 atom stereocenters. The Hall–Kier alpha value is -1.31. The maximum absolute atomic E-state index is 12.4. The standard InChI is InChI=1S/C15H21N3O3S.ClH/c1-22-14-7-6-10(8-13(14)18(20)21)15(19)17-12-5-3-2-4-11(12)9-16;/h6-8,11-12H,2-5,9,16H2,1H3,(H,17,19);1H. The van der Waals surface area contributed by atoms with E-state index in [9.17, 15) is 14.9 Å². The van der Waals surface area contributed by atoms with Crippen molar-refractivity contribution in [3.63, 3.8) is 0 Å². The van der Waals surface area contributed by atoms with Gasteiger partial charge in [-0.3, -0.25) is 14.9 Å². The van der Waals surface area contributed by atoms with Crippen molar-refractivity contribution >= 4 is 35.8 Å². The molecular weight excluding hydrogens is 338 g/mol. The van der Waals surface area contributed by atoms with Gasteiger partial charge in [-0.25, -0.2) is 0 Å². The molecule has 2 rings (SSSR count). The summed E-state index contributed by atoms with van der Waals surface area (Å²) in [6.45, 7) is 0.552. The number of nitrogens with zero attached hydrogens (tertiary/aromatic N) is 1. The lowest BCUT2D eigenvalue weighted by Crippen LogP contribution is -2.44. The highest BCUT2D eigenvalue weighted by molar-refractivity contribution is 7.98. The lowest BCUT2D eigenvalue weighted by Gasteiger charge is -2.31. The van der Waals surface area contributed by atoms with E-state index in [1.54, 1.807) is 18.4 Å². The van der Waals surface area contributed by atoms with Crippen LogP contribution in [0.15, 0.2) is 23.1 Å². The summed E-state index contributed by atoms with van der Waals surface area (Å²) in [7, 11) is 0. The number of halogens is 1. The Morgan fingerprint density at radius 2 is 2.13 bits per heavy atom. The second kappa shape index (κ2) is 9.10. The quantitative estimate of drug-likeness (QED) is 0.478. The van der Waals surface area contributed by atoms with Gasteiger partial charge < -0.3 is 11.1 Å². The van der Waals surface area contributed by atoms with Crippen molar-refractivity contribution in [1.82, 2.24) is 5.32 Å².